The van der Waals surface area contributed by atoms with Crippen LogP contribution in [0.3, 0.4) is 0 Å². The van der Waals surface area contributed by atoms with Crippen LogP contribution in [0.4, 0.5) is 4.39 Å². The van der Waals surface area contributed by atoms with Gasteiger partial charge in [0.1, 0.15) is 11.9 Å². The highest BCUT2D eigenvalue weighted by atomic mass is 19.1. The van der Waals surface area contributed by atoms with Crippen molar-refractivity contribution >= 4 is 5.91 Å². The number of nitrogens with zero attached hydrogens (tertiary/aromatic N) is 6. The Bertz CT molecular complexity index is 754. The van der Waals surface area contributed by atoms with E-state index < -0.39 is 6.17 Å². The molecule has 26 heavy (non-hydrogen) atoms. The Hall–Kier alpha value is -2.22. The second kappa shape index (κ2) is 7.57. The van der Waals surface area contributed by atoms with Gasteiger partial charge in [-0.2, -0.15) is 10.2 Å². The smallest absolute Gasteiger partial charge is 0.274 e. The molecule has 0 unspecified atom stereocenters. The highest BCUT2D eigenvalue weighted by Gasteiger charge is 2.34. The molecule has 1 aliphatic heterocycles. The van der Waals surface area contributed by atoms with Crippen molar-refractivity contribution in [2.75, 3.05) is 20.1 Å². The minimum absolute atomic E-state index is 0.00802. The van der Waals surface area contributed by atoms with Gasteiger partial charge >= 0.3 is 0 Å². The first-order chi connectivity index (χ1) is 12.3. The number of carbonyl (C=O) groups excluding carboxylic acids is 1. The molecule has 2 aromatic rings. The number of hydrogen-bond acceptors (Lipinski definition) is 4. The average molecular weight is 362 g/mol. The molecule has 0 spiro atoms. The van der Waals surface area contributed by atoms with E-state index in [0.717, 1.165) is 5.56 Å². The zero-order chi connectivity index (χ0) is 18.8. The van der Waals surface area contributed by atoms with E-state index in [2.05, 4.69) is 15.1 Å². The molecule has 0 N–H and O–H groups in total. The fraction of sp³-hybridized carbons (Fsp3) is 0.611. The van der Waals surface area contributed by atoms with Gasteiger partial charge in [-0.05, 0) is 26.3 Å². The third-order valence-corrected chi connectivity index (χ3v) is 4.81. The van der Waals surface area contributed by atoms with Crippen LogP contribution in [0.1, 0.15) is 42.4 Å². The molecule has 2 aromatic heterocycles. The molecule has 8 heteroatoms. The number of amides is 1. The number of halogens is 1. The molecule has 2 atom stereocenters. The molecular weight excluding hydrogens is 335 g/mol. The number of likely N-dealkylation sites (N-methyl/N-ethyl adjacent to an activating group) is 1. The van der Waals surface area contributed by atoms with Crippen molar-refractivity contribution in [2.24, 2.45) is 7.05 Å². The molecule has 142 valence electrons. The Morgan fingerprint density at radius 2 is 2.23 bits per heavy atom. The van der Waals surface area contributed by atoms with Gasteiger partial charge in [0.25, 0.3) is 5.91 Å². The molecule has 0 aromatic carbocycles. The van der Waals surface area contributed by atoms with E-state index in [1.807, 2.05) is 33.3 Å². The Kier molecular flexibility index (Phi) is 5.41. The predicted molar refractivity (Wildman–Crippen MR) is 96.5 cm³/mol. The Balaban J connectivity index is 1.64. The van der Waals surface area contributed by atoms with E-state index in [1.165, 1.54) is 0 Å². The summed E-state index contributed by atoms with van der Waals surface area (Å²) in [6, 6.07) is 1.93. The fourth-order valence-electron chi connectivity index (χ4n) is 3.43. The van der Waals surface area contributed by atoms with Crippen molar-refractivity contribution in [3.63, 3.8) is 0 Å². The van der Waals surface area contributed by atoms with Crippen molar-refractivity contribution in [1.82, 2.24) is 29.4 Å². The first-order valence-corrected chi connectivity index (χ1v) is 8.99. The monoisotopic (exact) mass is 362 g/mol. The fourth-order valence-corrected chi connectivity index (χ4v) is 3.43. The maximum Gasteiger partial charge on any atom is 0.274 e. The highest BCUT2D eigenvalue weighted by Crippen LogP contribution is 2.23. The number of aromatic nitrogens is 4. The lowest BCUT2D eigenvalue weighted by molar-refractivity contribution is 0.0743. The zero-order valence-corrected chi connectivity index (χ0v) is 15.8. The molecule has 3 rings (SSSR count). The van der Waals surface area contributed by atoms with E-state index in [0.29, 0.717) is 31.7 Å². The van der Waals surface area contributed by atoms with Crippen LogP contribution in [0, 0.1) is 0 Å². The molecular formula is C18H27FN6O. The lowest BCUT2D eigenvalue weighted by Gasteiger charge is -2.27. The number of hydrogen-bond donors (Lipinski definition) is 0. The normalized spacial score (nSPS) is 20.8. The number of rotatable bonds is 6. The van der Waals surface area contributed by atoms with Crippen LogP contribution < -0.4 is 0 Å². The third kappa shape index (κ3) is 4.12. The van der Waals surface area contributed by atoms with Crippen LogP contribution in [-0.4, -0.2) is 67.6 Å². The van der Waals surface area contributed by atoms with Gasteiger partial charge in [0, 0.05) is 63.8 Å². The summed E-state index contributed by atoms with van der Waals surface area (Å²) in [5.74, 6) is -0.131. The van der Waals surface area contributed by atoms with Crippen LogP contribution in [0.25, 0.3) is 0 Å². The van der Waals surface area contributed by atoms with Crippen LogP contribution >= 0.6 is 0 Å². The average Bonchev–Trinajstić information content (AvgIpc) is 3.28. The van der Waals surface area contributed by atoms with Crippen LogP contribution in [0.15, 0.2) is 24.7 Å². The molecule has 1 saturated heterocycles. The van der Waals surface area contributed by atoms with Gasteiger partial charge in [-0.1, -0.05) is 0 Å². The highest BCUT2D eigenvalue weighted by molar-refractivity contribution is 5.92. The summed E-state index contributed by atoms with van der Waals surface area (Å²) < 4.78 is 17.5. The van der Waals surface area contributed by atoms with Gasteiger partial charge in [0.05, 0.1) is 6.20 Å². The largest absolute Gasteiger partial charge is 0.339 e. The zero-order valence-electron chi connectivity index (χ0n) is 15.8. The summed E-state index contributed by atoms with van der Waals surface area (Å²) in [7, 11) is 3.62. The molecule has 0 bridgehead atoms. The van der Waals surface area contributed by atoms with Crippen molar-refractivity contribution in [1.29, 1.82) is 0 Å². The van der Waals surface area contributed by atoms with E-state index in [-0.39, 0.29) is 18.0 Å². The summed E-state index contributed by atoms with van der Waals surface area (Å²) in [4.78, 5) is 16.4. The van der Waals surface area contributed by atoms with E-state index in [1.54, 1.807) is 33.6 Å². The summed E-state index contributed by atoms with van der Waals surface area (Å²) in [6.45, 7) is 5.54. The Morgan fingerprint density at radius 1 is 1.46 bits per heavy atom. The number of carbonyl (C=O) groups is 1. The van der Waals surface area contributed by atoms with Gasteiger partial charge in [-0.3, -0.25) is 19.1 Å². The van der Waals surface area contributed by atoms with Crippen molar-refractivity contribution in [3.05, 3.63) is 35.9 Å². The molecule has 1 aliphatic rings. The summed E-state index contributed by atoms with van der Waals surface area (Å²) >= 11 is 0. The minimum Gasteiger partial charge on any atom is -0.339 e. The lowest BCUT2D eigenvalue weighted by atomic mass is 10.2. The van der Waals surface area contributed by atoms with Gasteiger partial charge in [-0.15, -0.1) is 0 Å². The van der Waals surface area contributed by atoms with E-state index in [4.69, 9.17) is 0 Å². The predicted octanol–water partition coefficient (Wildman–Crippen LogP) is 1.88. The summed E-state index contributed by atoms with van der Waals surface area (Å²) in [5, 5.41) is 8.51. The lowest BCUT2D eigenvalue weighted by Crippen LogP contribution is -2.41. The first kappa shape index (κ1) is 18.6. The molecule has 0 radical (unpaired) electrons. The van der Waals surface area contributed by atoms with Crippen LogP contribution in [0.5, 0.6) is 0 Å². The first-order valence-electron chi connectivity index (χ1n) is 8.99. The third-order valence-electron chi connectivity index (χ3n) is 4.81. The Labute approximate surface area is 153 Å². The summed E-state index contributed by atoms with van der Waals surface area (Å²) in [5.41, 5.74) is 1.48. The van der Waals surface area contributed by atoms with Crippen molar-refractivity contribution in [2.45, 2.75) is 45.1 Å². The van der Waals surface area contributed by atoms with Gasteiger partial charge < -0.3 is 4.90 Å². The van der Waals surface area contributed by atoms with Crippen molar-refractivity contribution < 1.29 is 9.18 Å². The molecule has 0 aliphatic carbocycles. The van der Waals surface area contributed by atoms with E-state index in [9.17, 15) is 9.18 Å². The molecule has 0 saturated carbocycles. The number of likely N-dealkylation sites (tertiary alicyclic amines) is 1. The van der Waals surface area contributed by atoms with Gasteiger partial charge in [0.2, 0.25) is 0 Å². The quantitative estimate of drug-likeness (QED) is 0.787. The standard InChI is InChI=1S/C18H27FN6O/c1-13(2)25-6-5-17(21-25)18(26)22(3)12-16-7-15(19)11-24(16)10-14-8-20-23(4)9-14/h5-6,8-9,13,15-16H,7,10-12H2,1-4H3/t15-,16-/m0/s1. The van der Waals surface area contributed by atoms with E-state index >= 15 is 0 Å². The van der Waals surface area contributed by atoms with Gasteiger partial charge in [0.15, 0.2) is 0 Å². The topological polar surface area (TPSA) is 59.2 Å². The SMILES string of the molecule is CC(C)n1ccc(C(=O)N(C)C[C@@H]2C[C@H](F)CN2Cc2cnn(C)c2)n1. The number of aryl methyl sites for hydroxylation is 1. The maximum absolute atomic E-state index is 14.0. The van der Waals surface area contributed by atoms with Crippen LogP contribution in [-0.2, 0) is 13.6 Å². The molecule has 7 nitrogen and oxygen atoms in total. The summed E-state index contributed by atoms with van der Waals surface area (Å²) in [6.07, 6.45) is 5.14. The van der Waals surface area contributed by atoms with Crippen LogP contribution in [0.2, 0.25) is 0 Å². The molecule has 1 amide bonds. The number of alkyl halides is 1. The molecule has 3 heterocycles. The minimum atomic E-state index is -0.861. The Morgan fingerprint density at radius 3 is 2.85 bits per heavy atom. The maximum atomic E-state index is 14.0. The second-order valence-corrected chi connectivity index (χ2v) is 7.40. The van der Waals surface area contributed by atoms with Gasteiger partial charge in [-0.25, -0.2) is 4.39 Å². The second-order valence-electron chi connectivity index (χ2n) is 7.40. The molecule has 1 fully saturated rings. The van der Waals surface area contributed by atoms with Crippen molar-refractivity contribution in [3.8, 4) is 0 Å².